The highest BCUT2D eigenvalue weighted by molar-refractivity contribution is 6.31. The van der Waals surface area contributed by atoms with Crippen molar-refractivity contribution < 1.29 is 14.3 Å². The summed E-state index contributed by atoms with van der Waals surface area (Å²) in [5.41, 5.74) is 0.0308. The van der Waals surface area contributed by atoms with E-state index < -0.39 is 11.6 Å². The van der Waals surface area contributed by atoms with Gasteiger partial charge < -0.3 is 15.0 Å². The lowest BCUT2D eigenvalue weighted by molar-refractivity contribution is -0.163. The number of halogens is 1. The molecule has 5 nitrogen and oxygen atoms in total. The Morgan fingerprint density at radius 1 is 1.26 bits per heavy atom. The predicted molar refractivity (Wildman–Crippen MR) is 108 cm³/mol. The van der Waals surface area contributed by atoms with Crippen LogP contribution in [0.2, 0.25) is 5.02 Å². The molecule has 0 atom stereocenters. The largest absolute Gasteiger partial charge is 0.450 e. The van der Waals surface area contributed by atoms with Gasteiger partial charge in [0.1, 0.15) is 0 Å². The van der Waals surface area contributed by atoms with Crippen LogP contribution in [0.25, 0.3) is 0 Å². The van der Waals surface area contributed by atoms with Crippen molar-refractivity contribution in [1.82, 2.24) is 10.2 Å². The number of carbonyl (C=O) groups is 2. The summed E-state index contributed by atoms with van der Waals surface area (Å²) in [5, 5.41) is 3.86. The molecular weight excluding hydrogens is 364 g/mol. The van der Waals surface area contributed by atoms with Crippen LogP contribution in [0.4, 0.5) is 0 Å². The molecule has 1 aromatic carbocycles. The van der Waals surface area contributed by atoms with E-state index in [1.807, 2.05) is 18.2 Å². The number of benzene rings is 1. The van der Waals surface area contributed by atoms with E-state index in [0.717, 1.165) is 42.7 Å². The van der Waals surface area contributed by atoms with E-state index in [1.54, 1.807) is 13.8 Å². The van der Waals surface area contributed by atoms with Crippen LogP contribution < -0.4 is 5.32 Å². The highest BCUT2D eigenvalue weighted by Crippen LogP contribution is 2.37. The highest BCUT2D eigenvalue weighted by Gasteiger charge is 2.39. The molecule has 0 aliphatic heterocycles. The Kier molecular flexibility index (Phi) is 6.92. The number of likely N-dealkylation sites (N-methyl/N-ethyl adjacent to an activating group) is 1. The molecule has 0 unspecified atom stereocenters. The second-order valence-corrected chi connectivity index (χ2v) is 8.65. The van der Waals surface area contributed by atoms with Crippen LogP contribution in [-0.4, -0.2) is 48.1 Å². The summed E-state index contributed by atoms with van der Waals surface area (Å²) in [6.45, 7) is 4.55. The Hall–Kier alpha value is -1.59. The Morgan fingerprint density at radius 3 is 2.37 bits per heavy atom. The van der Waals surface area contributed by atoms with Crippen molar-refractivity contribution in [3.63, 3.8) is 0 Å². The maximum atomic E-state index is 12.5. The van der Waals surface area contributed by atoms with Crippen molar-refractivity contribution >= 4 is 23.5 Å². The molecule has 150 valence electrons. The fourth-order valence-electron chi connectivity index (χ4n) is 3.84. The van der Waals surface area contributed by atoms with Gasteiger partial charge in [-0.1, -0.05) is 29.8 Å². The third-order valence-corrected chi connectivity index (χ3v) is 5.99. The number of carbonyl (C=O) groups excluding carboxylic acids is 2. The van der Waals surface area contributed by atoms with Crippen LogP contribution >= 0.6 is 11.6 Å². The average Bonchev–Trinajstić information content (AvgIpc) is 2.57. The van der Waals surface area contributed by atoms with Crippen molar-refractivity contribution in [3.05, 3.63) is 34.9 Å². The number of nitrogens with zero attached hydrogens (tertiary/aromatic N) is 1. The van der Waals surface area contributed by atoms with Gasteiger partial charge in [0.2, 0.25) is 0 Å². The first kappa shape index (κ1) is 21.7. The zero-order chi connectivity index (χ0) is 20.2. The van der Waals surface area contributed by atoms with Gasteiger partial charge in [0.15, 0.2) is 5.60 Å². The molecule has 0 aromatic heterocycles. The molecule has 27 heavy (non-hydrogen) atoms. The van der Waals surface area contributed by atoms with E-state index >= 15 is 0 Å². The molecule has 1 fully saturated rings. The Labute approximate surface area is 167 Å². The van der Waals surface area contributed by atoms with Gasteiger partial charge >= 0.3 is 5.97 Å². The standard InChI is InChI=1S/C21H31ClN2O3/c1-15(25)27-20(2,3)19(26)23-17-10-12-21(13-11-17,24(4)5)14-16-8-6-7-9-18(16)22/h6-9,17H,10-14H2,1-5H3,(H,23,26). The number of hydrogen-bond acceptors (Lipinski definition) is 4. The van der Waals surface area contributed by atoms with Gasteiger partial charge in [-0.05, 0) is 71.7 Å². The van der Waals surface area contributed by atoms with Gasteiger partial charge in [-0.3, -0.25) is 9.59 Å². The monoisotopic (exact) mass is 394 g/mol. The number of hydrogen-bond donors (Lipinski definition) is 1. The minimum Gasteiger partial charge on any atom is -0.450 e. The third-order valence-electron chi connectivity index (χ3n) is 5.62. The fourth-order valence-corrected chi connectivity index (χ4v) is 4.05. The van der Waals surface area contributed by atoms with Crippen LogP contribution in [-0.2, 0) is 20.7 Å². The highest BCUT2D eigenvalue weighted by atomic mass is 35.5. The molecule has 1 amide bonds. The molecule has 0 bridgehead atoms. The summed E-state index contributed by atoms with van der Waals surface area (Å²) in [7, 11) is 4.22. The number of ether oxygens (including phenoxy) is 1. The van der Waals surface area contributed by atoms with Gasteiger partial charge in [0.05, 0.1) is 0 Å². The number of amides is 1. The molecule has 0 radical (unpaired) electrons. The fraction of sp³-hybridized carbons (Fsp3) is 0.619. The quantitative estimate of drug-likeness (QED) is 0.749. The van der Waals surface area contributed by atoms with Crippen molar-refractivity contribution in [2.75, 3.05) is 14.1 Å². The van der Waals surface area contributed by atoms with Gasteiger partial charge in [0.25, 0.3) is 5.91 Å². The maximum Gasteiger partial charge on any atom is 0.303 e. The molecule has 0 spiro atoms. The number of rotatable bonds is 6. The normalized spacial score (nSPS) is 23.1. The predicted octanol–water partition coefficient (Wildman–Crippen LogP) is 3.58. The second-order valence-electron chi connectivity index (χ2n) is 8.24. The summed E-state index contributed by atoms with van der Waals surface area (Å²) >= 11 is 6.38. The molecule has 1 saturated carbocycles. The second kappa shape index (κ2) is 8.61. The van der Waals surface area contributed by atoms with Gasteiger partial charge in [0, 0.05) is 23.5 Å². The summed E-state index contributed by atoms with van der Waals surface area (Å²) in [5.74, 6) is -0.698. The minimum atomic E-state index is -1.15. The molecular formula is C21H31ClN2O3. The van der Waals surface area contributed by atoms with E-state index in [0.29, 0.717) is 0 Å². The Morgan fingerprint density at radius 2 is 1.85 bits per heavy atom. The first-order valence-corrected chi connectivity index (χ1v) is 9.85. The molecule has 1 N–H and O–H groups in total. The summed E-state index contributed by atoms with van der Waals surface area (Å²) < 4.78 is 5.14. The molecule has 1 aliphatic rings. The van der Waals surface area contributed by atoms with E-state index in [2.05, 4.69) is 30.4 Å². The van der Waals surface area contributed by atoms with Crippen LogP contribution in [0.1, 0.15) is 52.0 Å². The number of nitrogens with one attached hydrogen (secondary N) is 1. The smallest absolute Gasteiger partial charge is 0.303 e. The van der Waals surface area contributed by atoms with E-state index in [4.69, 9.17) is 16.3 Å². The lowest BCUT2D eigenvalue weighted by Crippen LogP contribution is -2.54. The van der Waals surface area contributed by atoms with Crippen molar-refractivity contribution in [2.45, 2.75) is 70.1 Å². The van der Waals surface area contributed by atoms with Crippen LogP contribution in [0.3, 0.4) is 0 Å². The van der Waals surface area contributed by atoms with Gasteiger partial charge in [-0.2, -0.15) is 0 Å². The molecule has 0 heterocycles. The van der Waals surface area contributed by atoms with Crippen molar-refractivity contribution in [3.8, 4) is 0 Å². The Bertz CT molecular complexity index is 680. The third kappa shape index (κ3) is 5.45. The zero-order valence-electron chi connectivity index (χ0n) is 17.0. The topological polar surface area (TPSA) is 58.6 Å². The Balaban J connectivity index is 2.01. The first-order valence-electron chi connectivity index (χ1n) is 9.47. The van der Waals surface area contributed by atoms with Crippen molar-refractivity contribution in [2.24, 2.45) is 0 Å². The average molecular weight is 395 g/mol. The van der Waals surface area contributed by atoms with E-state index in [1.165, 1.54) is 6.92 Å². The lowest BCUT2D eigenvalue weighted by Gasteiger charge is -2.46. The number of esters is 1. The molecule has 0 saturated heterocycles. The van der Waals surface area contributed by atoms with Crippen LogP contribution in [0, 0.1) is 0 Å². The summed E-state index contributed by atoms with van der Waals surface area (Å²) in [6.07, 6.45) is 4.57. The van der Waals surface area contributed by atoms with Crippen molar-refractivity contribution in [1.29, 1.82) is 0 Å². The zero-order valence-corrected chi connectivity index (χ0v) is 17.7. The van der Waals surface area contributed by atoms with Crippen LogP contribution in [0.15, 0.2) is 24.3 Å². The first-order chi connectivity index (χ1) is 12.6. The van der Waals surface area contributed by atoms with Gasteiger partial charge in [-0.25, -0.2) is 0 Å². The lowest BCUT2D eigenvalue weighted by atomic mass is 9.74. The van der Waals surface area contributed by atoms with Gasteiger partial charge in [-0.15, -0.1) is 0 Å². The molecule has 1 aromatic rings. The summed E-state index contributed by atoms with van der Waals surface area (Å²) in [6, 6.07) is 8.08. The van der Waals surface area contributed by atoms with Crippen LogP contribution in [0.5, 0.6) is 0 Å². The summed E-state index contributed by atoms with van der Waals surface area (Å²) in [4.78, 5) is 26.0. The molecule has 2 rings (SSSR count). The molecule has 6 heteroatoms. The van der Waals surface area contributed by atoms with E-state index in [9.17, 15) is 9.59 Å². The van der Waals surface area contributed by atoms with E-state index in [-0.39, 0.29) is 17.5 Å². The maximum absolute atomic E-state index is 12.5. The SMILES string of the molecule is CC(=O)OC(C)(C)C(=O)NC1CCC(Cc2ccccc2Cl)(N(C)C)CC1. The minimum absolute atomic E-state index is 0.0254. The molecule has 1 aliphatic carbocycles.